The molecule has 10 nitrogen and oxygen atoms in total. The Morgan fingerprint density at radius 2 is 1.85 bits per heavy atom. The fourth-order valence-electron chi connectivity index (χ4n) is 5.51. The van der Waals surface area contributed by atoms with Crippen LogP contribution in [0.1, 0.15) is 36.0 Å². The van der Waals surface area contributed by atoms with Crippen molar-refractivity contribution in [1.82, 2.24) is 9.97 Å². The predicted molar refractivity (Wildman–Crippen MR) is 141 cm³/mol. The first-order valence-electron chi connectivity index (χ1n) is 13.1. The summed E-state index contributed by atoms with van der Waals surface area (Å²) in [6.45, 7) is -0.450. The lowest BCUT2D eigenvalue weighted by molar-refractivity contribution is -0.0222. The van der Waals surface area contributed by atoms with Gasteiger partial charge < -0.3 is 20.2 Å². The second-order valence-corrected chi connectivity index (χ2v) is 12.5. The molecule has 3 fully saturated rings. The van der Waals surface area contributed by atoms with Crippen molar-refractivity contribution in [2.45, 2.75) is 38.0 Å². The molecule has 2 aliphatic heterocycles. The van der Waals surface area contributed by atoms with Crippen molar-refractivity contribution in [2.75, 3.05) is 58.4 Å². The van der Waals surface area contributed by atoms with Gasteiger partial charge in [0.15, 0.2) is 0 Å². The third kappa shape index (κ3) is 6.17. The van der Waals surface area contributed by atoms with Gasteiger partial charge in [0.25, 0.3) is 11.8 Å². The quantitative estimate of drug-likeness (QED) is 0.372. The molecule has 3 heterocycles. The van der Waals surface area contributed by atoms with Gasteiger partial charge in [-0.05, 0) is 37.0 Å². The van der Waals surface area contributed by atoms with Gasteiger partial charge in [-0.3, -0.25) is 9.52 Å². The number of fused-ring (bicyclic) bond motifs is 1. The standard InChI is InChI=1S/C25H29F5N6O4S/c26-17-11-16(34-41(39,40)10-9-37)12-18(36-6-2-24(22(27)28)13-15(24)14-36)20(17)21(38)32-19-1-5-31-23(33-19)35-7-3-25(29,30)4-8-35/h1,5,11-12,15,22,34,37H,2-4,6-10,13-14H2,(H,31,32,33,38)/t15-,24+/m0/s1. The summed E-state index contributed by atoms with van der Waals surface area (Å²) < 4.78 is 96.5. The van der Waals surface area contributed by atoms with Gasteiger partial charge in [-0.15, -0.1) is 0 Å². The van der Waals surface area contributed by atoms with Crippen LogP contribution in [0, 0.1) is 17.2 Å². The lowest BCUT2D eigenvalue weighted by Gasteiger charge is -2.34. The number of amides is 1. The number of carbonyl (C=O) groups is 1. The van der Waals surface area contributed by atoms with Crippen LogP contribution in [-0.4, -0.2) is 80.3 Å². The maximum atomic E-state index is 15.5. The van der Waals surface area contributed by atoms with Crippen molar-refractivity contribution in [2.24, 2.45) is 11.3 Å². The van der Waals surface area contributed by atoms with Crippen LogP contribution in [0.2, 0.25) is 0 Å². The first-order chi connectivity index (χ1) is 19.3. The van der Waals surface area contributed by atoms with Gasteiger partial charge in [0.2, 0.25) is 22.4 Å². The third-order valence-corrected chi connectivity index (χ3v) is 9.20. The number of anilines is 4. The third-order valence-electron chi connectivity index (χ3n) is 7.93. The summed E-state index contributed by atoms with van der Waals surface area (Å²) in [4.78, 5) is 24.8. The summed E-state index contributed by atoms with van der Waals surface area (Å²) >= 11 is 0. The van der Waals surface area contributed by atoms with Crippen molar-refractivity contribution in [3.05, 3.63) is 35.8 Å². The van der Waals surface area contributed by atoms with Gasteiger partial charge in [0, 0.05) is 50.6 Å². The van der Waals surface area contributed by atoms with E-state index in [1.165, 1.54) is 18.3 Å². The minimum Gasteiger partial charge on any atom is -0.395 e. The smallest absolute Gasteiger partial charge is 0.261 e. The minimum atomic E-state index is -4.03. The molecule has 41 heavy (non-hydrogen) atoms. The van der Waals surface area contributed by atoms with Crippen molar-refractivity contribution in [1.29, 1.82) is 0 Å². The number of hydrogen-bond acceptors (Lipinski definition) is 8. The molecule has 2 atom stereocenters. The maximum absolute atomic E-state index is 15.5. The van der Waals surface area contributed by atoms with E-state index in [2.05, 4.69) is 20.0 Å². The number of piperidine rings is 2. The lowest BCUT2D eigenvalue weighted by atomic mass is 9.94. The number of nitrogens with zero attached hydrogens (tertiary/aromatic N) is 4. The van der Waals surface area contributed by atoms with E-state index in [1.807, 2.05) is 0 Å². The Kier molecular flexibility index (Phi) is 7.74. The highest BCUT2D eigenvalue weighted by Gasteiger charge is 2.62. The number of carbonyl (C=O) groups excluding carboxylic acids is 1. The summed E-state index contributed by atoms with van der Waals surface area (Å²) in [5.41, 5.74) is -1.74. The van der Waals surface area contributed by atoms with E-state index in [9.17, 15) is 30.8 Å². The molecule has 0 radical (unpaired) electrons. The van der Waals surface area contributed by atoms with Gasteiger partial charge in [-0.1, -0.05) is 0 Å². The first-order valence-corrected chi connectivity index (χ1v) is 14.7. The summed E-state index contributed by atoms with van der Waals surface area (Å²) in [7, 11) is -4.03. The molecule has 3 N–H and O–H groups in total. The number of sulfonamides is 1. The number of rotatable bonds is 9. The normalized spacial score (nSPS) is 23.7. The number of halogens is 5. The van der Waals surface area contributed by atoms with Crippen molar-refractivity contribution < 1.29 is 40.3 Å². The monoisotopic (exact) mass is 604 g/mol. The van der Waals surface area contributed by atoms with E-state index in [4.69, 9.17) is 5.11 Å². The van der Waals surface area contributed by atoms with Crippen LogP contribution in [0.25, 0.3) is 0 Å². The van der Waals surface area contributed by atoms with Gasteiger partial charge in [0.05, 0.1) is 29.3 Å². The second-order valence-electron chi connectivity index (χ2n) is 10.7. The largest absolute Gasteiger partial charge is 0.395 e. The van der Waals surface area contributed by atoms with Crippen molar-refractivity contribution in [3.63, 3.8) is 0 Å². The number of aliphatic hydroxyl groups excluding tert-OH is 1. The molecule has 1 aromatic carbocycles. The molecular formula is C25H29F5N6O4S. The molecule has 16 heteroatoms. The Morgan fingerprint density at radius 3 is 2.51 bits per heavy atom. The Morgan fingerprint density at radius 1 is 1.15 bits per heavy atom. The van der Waals surface area contributed by atoms with Crippen LogP contribution in [-0.2, 0) is 10.0 Å². The van der Waals surface area contributed by atoms with Gasteiger partial charge >= 0.3 is 0 Å². The van der Waals surface area contributed by atoms with E-state index in [0.29, 0.717) is 6.42 Å². The number of benzene rings is 1. The SMILES string of the molecule is O=C(Nc1ccnc(N2CCC(F)(F)CC2)n1)c1c(F)cc(NS(=O)(=O)CCO)cc1N1CC[C@@]2(C(F)F)C[C@H]2C1. The molecule has 1 aromatic heterocycles. The highest BCUT2D eigenvalue weighted by molar-refractivity contribution is 7.92. The summed E-state index contributed by atoms with van der Waals surface area (Å²) in [5.74, 6) is -5.70. The molecule has 0 bridgehead atoms. The second kappa shape index (κ2) is 10.9. The maximum Gasteiger partial charge on any atom is 0.261 e. The zero-order valence-electron chi connectivity index (χ0n) is 21.8. The molecule has 224 valence electrons. The molecule has 5 rings (SSSR count). The average Bonchev–Trinajstić information content (AvgIpc) is 3.63. The van der Waals surface area contributed by atoms with Crippen LogP contribution in [0.15, 0.2) is 24.4 Å². The zero-order chi connectivity index (χ0) is 29.6. The van der Waals surface area contributed by atoms with Crippen molar-refractivity contribution in [3.8, 4) is 0 Å². The van der Waals surface area contributed by atoms with Crippen LogP contribution in [0.3, 0.4) is 0 Å². The molecule has 1 amide bonds. The van der Waals surface area contributed by atoms with E-state index < -0.39 is 57.4 Å². The van der Waals surface area contributed by atoms with Crippen LogP contribution in [0.4, 0.5) is 45.1 Å². The minimum absolute atomic E-state index is 0.00602. The Bertz CT molecular complexity index is 1420. The molecule has 0 unspecified atom stereocenters. The molecule has 1 saturated carbocycles. The Hall–Kier alpha value is -3.27. The highest BCUT2D eigenvalue weighted by atomic mass is 32.2. The van der Waals surface area contributed by atoms with Crippen molar-refractivity contribution >= 4 is 39.1 Å². The Labute approximate surface area is 233 Å². The number of aliphatic hydroxyl groups is 1. The lowest BCUT2D eigenvalue weighted by Crippen LogP contribution is -2.40. The molecule has 2 aromatic rings. The molecule has 3 aliphatic rings. The Balaban J connectivity index is 1.42. The predicted octanol–water partition coefficient (Wildman–Crippen LogP) is 3.32. The van der Waals surface area contributed by atoms with Crippen LogP contribution >= 0.6 is 0 Å². The number of hydrogen-bond donors (Lipinski definition) is 3. The molecule has 1 aliphatic carbocycles. The van der Waals surface area contributed by atoms with E-state index >= 15 is 4.39 Å². The van der Waals surface area contributed by atoms with E-state index in [1.54, 1.807) is 9.80 Å². The molecular weight excluding hydrogens is 575 g/mol. The van der Waals surface area contributed by atoms with Gasteiger partial charge in [-0.2, -0.15) is 4.98 Å². The summed E-state index contributed by atoms with van der Waals surface area (Å²) in [6.07, 6.45) is -1.53. The fourth-order valence-corrected chi connectivity index (χ4v) is 6.33. The topological polar surface area (TPSA) is 128 Å². The first kappa shape index (κ1) is 29.2. The summed E-state index contributed by atoms with van der Waals surface area (Å²) in [5, 5.41) is 11.5. The highest BCUT2D eigenvalue weighted by Crippen LogP contribution is 2.62. The summed E-state index contributed by atoms with van der Waals surface area (Å²) in [6, 6.07) is 3.41. The van der Waals surface area contributed by atoms with Crippen LogP contribution in [0.5, 0.6) is 0 Å². The van der Waals surface area contributed by atoms with Gasteiger partial charge in [0.1, 0.15) is 11.6 Å². The molecule has 2 saturated heterocycles. The number of alkyl halides is 4. The number of nitrogens with one attached hydrogen (secondary N) is 2. The molecule has 0 spiro atoms. The van der Waals surface area contributed by atoms with E-state index in [-0.39, 0.29) is 74.5 Å². The number of aromatic nitrogens is 2. The fraction of sp³-hybridized carbons (Fsp3) is 0.560. The zero-order valence-corrected chi connectivity index (χ0v) is 22.6. The van der Waals surface area contributed by atoms with Crippen LogP contribution < -0.4 is 19.8 Å². The van der Waals surface area contributed by atoms with E-state index in [0.717, 1.165) is 6.07 Å². The average molecular weight is 605 g/mol. The van der Waals surface area contributed by atoms with Gasteiger partial charge in [-0.25, -0.2) is 35.4 Å².